The molecule has 0 fully saturated rings. The molecule has 0 saturated heterocycles. The van der Waals surface area contributed by atoms with Crippen molar-refractivity contribution in [2.45, 2.75) is 20.4 Å². The Morgan fingerprint density at radius 1 is 1.37 bits per heavy atom. The summed E-state index contributed by atoms with van der Waals surface area (Å²) in [6, 6.07) is 8.13. The number of carbonyl (C=O) groups excluding carboxylic acids is 1. The van der Waals surface area contributed by atoms with E-state index in [1.807, 2.05) is 25.1 Å². The fourth-order valence-corrected chi connectivity index (χ4v) is 2.92. The second kappa shape index (κ2) is 6.63. The van der Waals surface area contributed by atoms with Gasteiger partial charge in [-0.15, -0.1) is 11.3 Å². The predicted molar refractivity (Wildman–Crippen MR) is 79.3 cm³/mol. The Kier molecular flexibility index (Phi) is 4.87. The van der Waals surface area contributed by atoms with Gasteiger partial charge in [-0.3, -0.25) is 9.69 Å². The Labute approximate surface area is 117 Å². The minimum Gasteiger partial charge on any atom is -0.355 e. The maximum atomic E-state index is 11.6. The van der Waals surface area contributed by atoms with Crippen LogP contribution in [-0.2, 0) is 11.3 Å². The number of hydrogen-bond acceptors (Lipinski definition) is 4. The fourth-order valence-electron chi connectivity index (χ4n) is 1.91. The molecule has 0 aliphatic heterocycles. The summed E-state index contributed by atoms with van der Waals surface area (Å²) < 4.78 is 1.20. The molecule has 0 aliphatic carbocycles. The van der Waals surface area contributed by atoms with Crippen molar-refractivity contribution in [1.29, 1.82) is 0 Å². The Bertz CT molecular complexity index is 519. The van der Waals surface area contributed by atoms with Crippen LogP contribution in [0, 0.1) is 0 Å². The SMILES string of the molecule is CCNC(=O)CN(CC)Cc1nc2ccccc2s1. The Morgan fingerprint density at radius 3 is 2.84 bits per heavy atom. The van der Waals surface area contributed by atoms with Gasteiger partial charge in [0.2, 0.25) is 5.91 Å². The van der Waals surface area contributed by atoms with Gasteiger partial charge in [-0.25, -0.2) is 4.98 Å². The molecule has 1 aromatic carbocycles. The van der Waals surface area contributed by atoms with Crippen LogP contribution >= 0.6 is 11.3 Å². The van der Waals surface area contributed by atoms with E-state index >= 15 is 0 Å². The minimum absolute atomic E-state index is 0.0745. The molecule has 4 nitrogen and oxygen atoms in total. The lowest BCUT2D eigenvalue weighted by Crippen LogP contribution is -2.36. The zero-order valence-corrected chi connectivity index (χ0v) is 12.2. The lowest BCUT2D eigenvalue weighted by atomic mass is 10.3. The van der Waals surface area contributed by atoms with E-state index in [1.54, 1.807) is 11.3 Å². The van der Waals surface area contributed by atoms with E-state index in [0.29, 0.717) is 13.1 Å². The van der Waals surface area contributed by atoms with Crippen LogP contribution in [0.5, 0.6) is 0 Å². The van der Waals surface area contributed by atoms with E-state index in [4.69, 9.17) is 0 Å². The molecule has 0 atom stereocenters. The molecule has 102 valence electrons. The number of amides is 1. The topological polar surface area (TPSA) is 45.2 Å². The highest BCUT2D eigenvalue weighted by Gasteiger charge is 2.11. The van der Waals surface area contributed by atoms with Gasteiger partial charge in [0.1, 0.15) is 5.01 Å². The molecule has 2 rings (SSSR count). The summed E-state index contributed by atoms with van der Waals surface area (Å²) in [6.45, 7) is 6.67. The highest BCUT2D eigenvalue weighted by atomic mass is 32.1. The standard InChI is InChI=1S/C14H19N3OS/c1-3-15-13(18)9-17(4-2)10-14-16-11-7-5-6-8-12(11)19-14/h5-8H,3-4,9-10H2,1-2H3,(H,15,18). The molecule has 1 aromatic heterocycles. The predicted octanol–water partition coefficient (Wildman–Crippen LogP) is 2.25. The van der Waals surface area contributed by atoms with Gasteiger partial charge in [-0.05, 0) is 25.6 Å². The number of nitrogens with one attached hydrogen (secondary N) is 1. The average Bonchev–Trinajstić information content (AvgIpc) is 2.80. The van der Waals surface area contributed by atoms with Gasteiger partial charge in [0.25, 0.3) is 0 Å². The molecule has 1 amide bonds. The van der Waals surface area contributed by atoms with Crippen LogP contribution in [0.15, 0.2) is 24.3 Å². The number of nitrogens with zero attached hydrogens (tertiary/aromatic N) is 2. The molecule has 0 radical (unpaired) electrons. The third-order valence-electron chi connectivity index (χ3n) is 2.89. The van der Waals surface area contributed by atoms with Crippen LogP contribution in [0.4, 0.5) is 0 Å². The molecule has 1 N–H and O–H groups in total. The van der Waals surface area contributed by atoms with E-state index in [0.717, 1.165) is 23.6 Å². The molecule has 0 spiro atoms. The van der Waals surface area contributed by atoms with Crippen molar-refractivity contribution in [3.8, 4) is 0 Å². The van der Waals surface area contributed by atoms with Crippen molar-refractivity contribution in [2.75, 3.05) is 19.6 Å². The van der Waals surface area contributed by atoms with Crippen LogP contribution in [0.25, 0.3) is 10.2 Å². The number of fused-ring (bicyclic) bond motifs is 1. The van der Waals surface area contributed by atoms with Crippen molar-refractivity contribution in [2.24, 2.45) is 0 Å². The smallest absolute Gasteiger partial charge is 0.234 e. The van der Waals surface area contributed by atoms with Gasteiger partial charge in [0.15, 0.2) is 0 Å². The maximum absolute atomic E-state index is 11.6. The summed E-state index contributed by atoms with van der Waals surface area (Å²) >= 11 is 1.70. The zero-order valence-electron chi connectivity index (χ0n) is 11.3. The van der Waals surface area contributed by atoms with E-state index in [-0.39, 0.29) is 5.91 Å². The number of thiazole rings is 1. The van der Waals surface area contributed by atoms with E-state index in [9.17, 15) is 4.79 Å². The van der Waals surface area contributed by atoms with E-state index in [1.165, 1.54) is 4.70 Å². The second-order valence-electron chi connectivity index (χ2n) is 4.33. The average molecular weight is 277 g/mol. The molecule has 1 heterocycles. The Morgan fingerprint density at radius 2 is 2.16 bits per heavy atom. The molecule has 0 saturated carbocycles. The first kappa shape index (κ1) is 14.0. The lowest BCUT2D eigenvalue weighted by Gasteiger charge is -2.17. The number of aromatic nitrogens is 1. The van der Waals surface area contributed by atoms with Crippen molar-refractivity contribution < 1.29 is 4.79 Å². The largest absolute Gasteiger partial charge is 0.355 e. The highest BCUT2D eigenvalue weighted by Crippen LogP contribution is 2.22. The monoisotopic (exact) mass is 277 g/mol. The first-order chi connectivity index (χ1) is 9.22. The summed E-state index contributed by atoms with van der Waals surface area (Å²) in [5.41, 5.74) is 1.04. The van der Waals surface area contributed by atoms with Crippen molar-refractivity contribution in [3.05, 3.63) is 29.3 Å². The second-order valence-corrected chi connectivity index (χ2v) is 5.45. The van der Waals surface area contributed by atoms with Gasteiger partial charge in [0, 0.05) is 6.54 Å². The van der Waals surface area contributed by atoms with Crippen LogP contribution in [0.2, 0.25) is 0 Å². The summed E-state index contributed by atoms with van der Waals surface area (Å²) in [7, 11) is 0. The van der Waals surface area contributed by atoms with Gasteiger partial charge in [0.05, 0.1) is 23.3 Å². The third-order valence-corrected chi connectivity index (χ3v) is 3.91. The third kappa shape index (κ3) is 3.75. The van der Waals surface area contributed by atoms with Crippen LogP contribution in [-0.4, -0.2) is 35.4 Å². The molecule has 0 aliphatic rings. The Hall–Kier alpha value is -1.46. The number of rotatable bonds is 6. The first-order valence-corrected chi connectivity index (χ1v) is 7.38. The van der Waals surface area contributed by atoms with Gasteiger partial charge < -0.3 is 5.32 Å². The van der Waals surface area contributed by atoms with Gasteiger partial charge >= 0.3 is 0 Å². The molecule has 19 heavy (non-hydrogen) atoms. The molecular formula is C14H19N3OS. The fraction of sp³-hybridized carbons (Fsp3) is 0.429. The first-order valence-electron chi connectivity index (χ1n) is 6.56. The van der Waals surface area contributed by atoms with E-state index < -0.39 is 0 Å². The highest BCUT2D eigenvalue weighted by molar-refractivity contribution is 7.18. The Balaban J connectivity index is 2.03. The van der Waals surface area contributed by atoms with Crippen molar-refractivity contribution in [1.82, 2.24) is 15.2 Å². The van der Waals surface area contributed by atoms with E-state index in [2.05, 4.69) is 28.2 Å². The van der Waals surface area contributed by atoms with Crippen LogP contribution in [0.3, 0.4) is 0 Å². The lowest BCUT2D eigenvalue weighted by molar-refractivity contribution is -0.122. The molecule has 5 heteroatoms. The van der Waals surface area contributed by atoms with Gasteiger partial charge in [-0.1, -0.05) is 19.1 Å². The summed E-state index contributed by atoms with van der Waals surface area (Å²) in [4.78, 5) is 18.3. The maximum Gasteiger partial charge on any atom is 0.234 e. The number of carbonyl (C=O) groups is 1. The zero-order chi connectivity index (χ0) is 13.7. The van der Waals surface area contributed by atoms with Gasteiger partial charge in [-0.2, -0.15) is 0 Å². The number of para-hydroxylation sites is 1. The molecule has 2 aromatic rings. The van der Waals surface area contributed by atoms with Crippen molar-refractivity contribution in [3.63, 3.8) is 0 Å². The number of hydrogen-bond donors (Lipinski definition) is 1. The van der Waals surface area contributed by atoms with Crippen molar-refractivity contribution >= 4 is 27.5 Å². The summed E-state index contributed by atoms with van der Waals surface area (Å²) in [6.07, 6.45) is 0. The summed E-state index contributed by atoms with van der Waals surface area (Å²) in [5.74, 6) is 0.0745. The minimum atomic E-state index is 0.0745. The molecule has 0 bridgehead atoms. The quantitative estimate of drug-likeness (QED) is 0.881. The normalized spacial score (nSPS) is 11.1. The molecular weight excluding hydrogens is 258 g/mol. The summed E-state index contributed by atoms with van der Waals surface area (Å²) in [5, 5.41) is 3.89. The number of benzene rings is 1. The van der Waals surface area contributed by atoms with Crippen LogP contribution < -0.4 is 5.32 Å². The molecule has 0 unspecified atom stereocenters. The number of likely N-dealkylation sites (N-methyl/N-ethyl adjacent to an activating group) is 2. The van der Waals surface area contributed by atoms with Crippen LogP contribution in [0.1, 0.15) is 18.9 Å².